The van der Waals surface area contributed by atoms with Crippen molar-refractivity contribution in [1.29, 1.82) is 0 Å². The molecule has 0 aliphatic rings. The van der Waals surface area contributed by atoms with Gasteiger partial charge in [-0.2, -0.15) is 4.68 Å². The molecule has 1 aromatic rings. The Kier molecular flexibility index (Phi) is 2.70. The van der Waals surface area contributed by atoms with Crippen molar-refractivity contribution in [1.82, 2.24) is 20.1 Å². The van der Waals surface area contributed by atoms with E-state index in [0.717, 1.165) is 0 Å². The number of nitrogens with one attached hydrogen (secondary N) is 1. The lowest BCUT2D eigenvalue weighted by Gasteiger charge is -1.93. The third kappa shape index (κ3) is 1.99. The second-order valence-electron chi connectivity index (χ2n) is 2.17. The van der Waals surface area contributed by atoms with Crippen molar-refractivity contribution in [3.05, 3.63) is 16.4 Å². The number of nitro groups is 1. The van der Waals surface area contributed by atoms with E-state index in [1.807, 2.05) is 0 Å². The lowest BCUT2D eigenvalue weighted by atomic mass is 10.6. The highest BCUT2D eigenvalue weighted by molar-refractivity contribution is 4.96. The Morgan fingerprint density at radius 1 is 1.83 bits per heavy atom. The minimum atomic E-state index is -0.615. The second kappa shape index (κ2) is 3.77. The summed E-state index contributed by atoms with van der Waals surface area (Å²) in [4.78, 5) is 13.0. The van der Waals surface area contributed by atoms with Crippen LogP contribution in [0.5, 0.6) is 0 Å². The highest BCUT2D eigenvalue weighted by Gasteiger charge is 2.11. The highest BCUT2D eigenvalue weighted by Crippen LogP contribution is 1.98. The molecule has 0 fully saturated rings. The molecule has 1 aromatic heterocycles. The molecule has 7 nitrogen and oxygen atoms in total. The van der Waals surface area contributed by atoms with Crippen LogP contribution in [0.3, 0.4) is 0 Å². The molecule has 0 bridgehead atoms. The zero-order chi connectivity index (χ0) is 8.97. The van der Waals surface area contributed by atoms with Crippen molar-refractivity contribution in [2.45, 2.75) is 6.54 Å². The van der Waals surface area contributed by atoms with Gasteiger partial charge >= 0.3 is 5.95 Å². The van der Waals surface area contributed by atoms with Gasteiger partial charge in [0.2, 0.25) is 6.33 Å². The van der Waals surface area contributed by atoms with Crippen molar-refractivity contribution >= 4 is 5.95 Å². The summed E-state index contributed by atoms with van der Waals surface area (Å²) in [6.45, 7) is 1.29. The van der Waals surface area contributed by atoms with Crippen LogP contribution in [0.25, 0.3) is 0 Å². The Labute approximate surface area is 68.6 Å². The molecule has 0 atom stereocenters. The van der Waals surface area contributed by atoms with Crippen LogP contribution in [-0.4, -0.2) is 33.3 Å². The van der Waals surface area contributed by atoms with Gasteiger partial charge in [-0.3, -0.25) is 0 Å². The van der Waals surface area contributed by atoms with Gasteiger partial charge in [0, 0.05) is 11.6 Å². The van der Waals surface area contributed by atoms with Crippen molar-refractivity contribution in [2.75, 3.05) is 13.6 Å². The van der Waals surface area contributed by atoms with Gasteiger partial charge in [-0.15, -0.1) is 0 Å². The van der Waals surface area contributed by atoms with Gasteiger partial charge in [0.1, 0.15) is 0 Å². The number of nitrogens with zero attached hydrogens (tertiary/aromatic N) is 4. The normalized spacial score (nSPS) is 10.1. The molecule has 0 radical (unpaired) electrons. The second-order valence-corrected chi connectivity index (χ2v) is 2.17. The SMILES string of the molecule is CNCCn1cnc([N+](=O)[O-])n1. The predicted molar refractivity (Wildman–Crippen MR) is 40.6 cm³/mol. The van der Waals surface area contributed by atoms with E-state index >= 15 is 0 Å². The lowest BCUT2D eigenvalue weighted by molar-refractivity contribution is -0.394. The van der Waals surface area contributed by atoms with E-state index < -0.39 is 4.92 Å². The maximum Gasteiger partial charge on any atom is 0.490 e. The van der Waals surface area contributed by atoms with Gasteiger partial charge in [0.15, 0.2) is 0 Å². The quantitative estimate of drug-likeness (QED) is 0.483. The number of rotatable bonds is 4. The number of hydrogen-bond donors (Lipinski definition) is 1. The van der Waals surface area contributed by atoms with Crippen LogP contribution < -0.4 is 5.32 Å². The Balaban J connectivity index is 2.58. The first-order chi connectivity index (χ1) is 5.74. The van der Waals surface area contributed by atoms with Crippen molar-refractivity contribution in [2.24, 2.45) is 0 Å². The van der Waals surface area contributed by atoms with E-state index in [9.17, 15) is 10.1 Å². The summed E-state index contributed by atoms with van der Waals surface area (Å²) in [7, 11) is 1.80. The third-order valence-corrected chi connectivity index (χ3v) is 1.28. The first-order valence-corrected chi connectivity index (χ1v) is 3.42. The van der Waals surface area contributed by atoms with Crippen molar-refractivity contribution < 1.29 is 4.92 Å². The molecule has 1 heterocycles. The Hall–Kier alpha value is -1.50. The molecule has 0 aliphatic carbocycles. The van der Waals surface area contributed by atoms with Crippen molar-refractivity contribution in [3.63, 3.8) is 0 Å². The molecule has 0 amide bonds. The molecule has 0 saturated heterocycles. The van der Waals surface area contributed by atoms with E-state index in [-0.39, 0.29) is 5.95 Å². The van der Waals surface area contributed by atoms with E-state index in [4.69, 9.17) is 0 Å². The molecule has 12 heavy (non-hydrogen) atoms. The zero-order valence-corrected chi connectivity index (χ0v) is 6.60. The molecule has 1 N–H and O–H groups in total. The lowest BCUT2D eigenvalue weighted by Crippen LogP contribution is -2.15. The molecule has 1 rings (SSSR count). The van der Waals surface area contributed by atoms with E-state index in [2.05, 4.69) is 15.4 Å². The molecule has 66 valence electrons. The number of hydrogen-bond acceptors (Lipinski definition) is 5. The van der Waals surface area contributed by atoms with Crippen LogP contribution in [-0.2, 0) is 6.54 Å². The first kappa shape index (κ1) is 8.60. The van der Waals surface area contributed by atoms with Gasteiger partial charge in [-0.05, 0) is 12.0 Å². The fraction of sp³-hybridized carbons (Fsp3) is 0.600. The van der Waals surface area contributed by atoms with Crippen LogP contribution in [0.15, 0.2) is 6.33 Å². The van der Waals surface area contributed by atoms with Gasteiger partial charge in [0.25, 0.3) is 0 Å². The first-order valence-electron chi connectivity index (χ1n) is 3.42. The number of aromatic nitrogens is 3. The fourth-order valence-electron chi connectivity index (χ4n) is 0.703. The van der Waals surface area contributed by atoms with E-state index in [0.29, 0.717) is 13.1 Å². The topological polar surface area (TPSA) is 85.9 Å². The molecular formula is C5H9N5O2. The number of likely N-dealkylation sites (N-methyl/N-ethyl adjacent to an activating group) is 1. The summed E-state index contributed by atoms with van der Waals surface area (Å²) in [6.07, 6.45) is 1.34. The monoisotopic (exact) mass is 171 g/mol. The van der Waals surface area contributed by atoms with Crippen LogP contribution in [0.2, 0.25) is 0 Å². The van der Waals surface area contributed by atoms with E-state index in [1.54, 1.807) is 7.05 Å². The smallest absolute Gasteiger partial charge is 0.390 e. The van der Waals surface area contributed by atoms with Gasteiger partial charge < -0.3 is 15.4 Å². The summed E-state index contributed by atoms with van der Waals surface area (Å²) in [6, 6.07) is 0. The fourth-order valence-corrected chi connectivity index (χ4v) is 0.703. The van der Waals surface area contributed by atoms with Crippen LogP contribution in [0.1, 0.15) is 0 Å². The Morgan fingerprint density at radius 2 is 2.58 bits per heavy atom. The highest BCUT2D eigenvalue weighted by atomic mass is 16.6. The summed E-state index contributed by atoms with van der Waals surface area (Å²) in [5, 5.41) is 16.6. The Bertz CT molecular complexity index is 271. The summed E-state index contributed by atoms with van der Waals surface area (Å²) >= 11 is 0. The average Bonchev–Trinajstić information content (AvgIpc) is 2.48. The molecule has 0 saturated carbocycles. The molecule has 0 aromatic carbocycles. The summed E-state index contributed by atoms with van der Waals surface area (Å²) in [5.74, 6) is -0.355. The minimum absolute atomic E-state index is 0.355. The predicted octanol–water partition coefficient (Wildman–Crippen LogP) is -0.594. The zero-order valence-electron chi connectivity index (χ0n) is 6.60. The Morgan fingerprint density at radius 3 is 3.08 bits per heavy atom. The largest absolute Gasteiger partial charge is 0.490 e. The minimum Gasteiger partial charge on any atom is -0.390 e. The average molecular weight is 171 g/mol. The van der Waals surface area contributed by atoms with Crippen LogP contribution in [0, 0.1) is 10.1 Å². The van der Waals surface area contributed by atoms with Crippen LogP contribution in [0.4, 0.5) is 5.95 Å². The van der Waals surface area contributed by atoms with E-state index in [1.165, 1.54) is 11.0 Å². The molecular weight excluding hydrogens is 162 g/mol. The van der Waals surface area contributed by atoms with Gasteiger partial charge in [0.05, 0.1) is 6.54 Å². The molecule has 7 heteroatoms. The standard InChI is InChI=1S/C5H9N5O2/c1-6-2-3-9-4-7-5(8-9)10(11)12/h4,6H,2-3H2,1H3. The molecule has 0 aliphatic heterocycles. The summed E-state index contributed by atoms with van der Waals surface area (Å²) in [5.41, 5.74) is 0. The maximum atomic E-state index is 10.1. The summed E-state index contributed by atoms with van der Waals surface area (Å²) < 4.78 is 1.43. The van der Waals surface area contributed by atoms with Crippen LogP contribution >= 0.6 is 0 Å². The van der Waals surface area contributed by atoms with Crippen molar-refractivity contribution in [3.8, 4) is 0 Å². The molecule has 0 spiro atoms. The maximum absolute atomic E-state index is 10.1. The molecule has 0 unspecified atom stereocenters. The van der Waals surface area contributed by atoms with Gasteiger partial charge in [-0.25, -0.2) is 0 Å². The third-order valence-electron chi connectivity index (χ3n) is 1.28. The van der Waals surface area contributed by atoms with Gasteiger partial charge in [-0.1, -0.05) is 4.98 Å².